The number of carboxylic acid groups (broad SMARTS) is 1. The zero-order valence-corrected chi connectivity index (χ0v) is 6.68. The molecule has 11 heavy (non-hydrogen) atoms. The van der Waals surface area contributed by atoms with E-state index in [9.17, 15) is 4.79 Å². The van der Waals surface area contributed by atoms with Crippen molar-refractivity contribution in [3.8, 4) is 0 Å². The summed E-state index contributed by atoms with van der Waals surface area (Å²) in [7, 11) is 0. The van der Waals surface area contributed by atoms with Crippen LogP contribution in [0.4, 0.5) is 0 Å². The van der Waals surface area contributed by atoms with Crippen LogP contribution in [0, 0.1) is 5.92 Å². The molecule has 1 fully saturated rings. The standard InChI is InChI=1S/C8H15NO2/c10-8(11)7-3-1-5-9-6-2-4-7/h7,9H,1-6H2,(H,10,11). The molecule has 0 aromatic carbocycles. The number of nitrogens with one attached hydrogen (secondary N) is 1. The summed E-state index contributed by atoms with van der Waals surface area (Å²) in [4.78, 5) is 10.6. The van der Waals surface area contributed by atoms with Crippen molar-refractivity contribution in [3.05, 3.63) is 0 Å². The first kappa shape index (κ1) is 8.53. The van der Waals surface area contributed by atoms with Crippen LogP contribution >= 0.6 is 0 Å². The number of hydrogen-bond donors (Lipinski definition) is 2. The summed E-state index contributed by atoms with van der Waals surface area (Å²) in [5.41, 5.74) is 0. The SMILES string of the molecule is O=C(O)C1CCCNCCC1. The molecule has 64 valence electrons. The molecular weight excluding hydrogens is 142 g/mol. The Labute approximate surface area is 66.8 Å². The highest BCUT2D eigenvalue weighted by Gasteiger charge is 2.17. The van der Waals surface area contributed by atoms with Gasteiger partial charge in [-0.25, -0.2) is 0 Å². The van der Waals surface area contributed by atoms with Gasteiger partial charge in [-0.05, 0) is 38.8 Å². The van der Waals surface area contributed by atoms with Crippen LogP contribution < -0.4 is 5.32 Å². The quantitative estimate of drug-likeness (QED) is 0.593. The molecule has 0 bridgehead atoms. The zero-order chi connectivity index (χ0) is 8.10. The highest BCUT2D eigenvalue weighted by atomic mass is 16.4. The van der Waals surface area contributed by atoms with E-state index in [1.165, 1.54) is 0 Å². The number of rotatable bonds is 1. The van der Waals surface area contributed by atoms with Crippen LogP contribution in [-0.2, 0) is 4.79 Å². The number of carbonyl (C=O) groups is 1. The van der Waals surface area contributed by atoms with Crippen molar-refractivity contribution in [1.82, 2.24) is 5.32 Å². The predicted octanol–water partition coefficient (Wildman–Crippen LogP) is 0.851. The molecule has 1 saturated heterocycles. The summed E-state index contributed by atoms with van der Waals surface area (Å²) in [6.45, 7) is 1.95. The van der Waals surface area contributed by atoms with Crippen molar-refractivity contribution in [1.29, 1.82) is 0 Å². The predicted molar refractivity (Wildman–Crippen MR) is 42.5 cm³/mol. The Morgan fingerprint density at radius 2 is 1.82 bits per heavy atom. The molecule has 0 amide bonds. The lowest BCUT2D eigenvalue weighted by molar-refractivity contribution is -0.142. The molecule has 0 atom stereocenters. The van der Waals surface area contributed by atoms with E-state index < -0.39 is 5.97 Å². The second kappa shape index (κ2) is 4.34. The normalized spacial score (nSPS) is 22.2. The minimum Gasteiger partial charge on any atom is -0.481 e. The Balaban J connectivity index is 2.32. The van der Waals surface area contributed by atoms with Crippen LogP contribution in [0.25, 0.3) is 0 Å². The summed E-state index contributed by atoms with van der Waals surface area (Å²) in [5.74, 6) is -0.705. The lowest BCUT2D eigenvalue weighted by Gasteiger charge is -2.15. The number of carboxylic acids is 1. The molecular formula is C8H15NO2. The van der Waals surface area contributed by atoms with Crippen molar-refractivity contribution in [2.24, 2.45) is 5.92 Å². The maximum Gasteiger partial charge on any atom is 0.306 e. The van der Waals surface area contributed by atoms with Gasteiger partial charge in [-0.3, -0.25) is 4.79 Å². The van der Waals surface area contributed by atoms with E-state index >= 15 is 0 Å². The molecule has 0 spiro atoms. The second-order valence-corrected chi connectivity index (χ2v) is 3.07. The third kappa shape index (κ3) is 2.89. The van der Waals surface area contributed by atoms with Gasteiger partial charge in [0.15, 0.2) is 0 Å². The lowest BCUT2D eigenvalue weighted by Crippen LogP contribution is -2.24. The molecule has 1 heterocycles. The van der Waals surface area contributed by atoms with Crippen LogP contribution in [-0.4, -0.2) is 24.2 Å². The third-order valence-electron chi connectivity index (χ3n) is 2.16. The van der Waals surface area contributed by atoms with E-state index in [-0.39, 0.29) is 5.92 Å². The molecule has 0 aromatic heterocycles. The lowest BCUT2D eigenvalue weighted by atomic mass is 9.96. The van der Waals surface area contributed by atoms with E-state index in [2.05, 4.69) is 5.32 Å². The Hall–Kier alpha value is -0.570. The van der Waals surface area contributed by atoms with Crippen molar-refractivity contribution in [3.63, 3.8) is 0 Å². The Morgan fingerprint density at radius 3 is 2.27 bits per heavy atom. The van der Waals surface area contributed by atoms with Crippen LogP contribution in [0.1, 0.15) is 25.7 Å². The van der Waals surface area contributed by atoms with Gasteiger partial charge in [0.05, 0.1) is 5.92 Å². The molecule has 1 aliphatic rings. The average Bonchev–Trinajstić information content (AvgIpc) is 1.84. The van der Waals surface area contributed by atoms with Crippen molar-refractivity contribution < 1.29 is 9.90 Å². The average molecular weight is 157 g/mol. The van der Waals surface area contributed by atoms with Crippen LogP contribution in [0.5, 0.6) is 0 Å². The van der Waals surface area contributed by atoms with Crippen molar-refractivity contribution in [2.75, 3.05) is 13.1 Å². The van der Waals surface area contributed by atoms with Crippen LogP contribution in [0.15, 0.2) is 0 Å². The summed E-state index contributed by atoms with van der Waals surface area (Å²) in [6, 6.07) is 0. The maximum atomic E-state index is 10.6. The first-order valence-electron chi connectivity index (χ1n) is 4.24. The fourth-order valence-corrected chi connectivity index (χ4v) is 1.46. The smallest absolute Gasteiger partial charge is 0.306 e. The first-order chi connectivity index (χ1) is 5.30. The van der Waals surface area contributed by atoms with Crippen molar-refractivity contribution in [2.45, 2.75) is 25.7 Å². The van der Waals surface area contributed by atoms with Gasteiger partial charge in [-0.15, -0.1) is 0 Å². The Morgan fingerprint density at radius 1 is 1.27 bits per heavy atom. The molecule has 0 unspecified atom stereocenters. The maximum absolute atomic E-state index is 10.6. The molecule has 0 aromatic rings. The number of aliphatic carboxylic acids is 1. The van der Waals surface area contributed by atoms with Gasteiger partial charge in [0, 0.05) is 0 Å². The summed E-state index contributed by atoms with van der Waals surface area (Å²) >= 11 is 0. The van der Waals surface area contributed by atoms with E-state index in [1.54, 1.807) is 0 Å². The van der Waals surface area contributed by atoms with Gasteiger partial charge in [0.2, 0.25) is 0 Å². The van der Waals surface area contributed by atoms with Crippen LogP contribution in [0.3, 0.4) is 0 Å². The topological polar surface area (TPSA) is 49.3 Å². The van der Waals surface area contributed by atoms with Crippen LogP contribution in [0.2, 0.25) is 0 Å². The van der Waals surface area contributed by atoms with Gasteiger partial charge in [0.25, 0.3) is 0 Å². The van der Waals surface area contributed by atoms with E-state index in [0.29, 0.717) is 0 Å². The molecule has 1 rings (SSSR count). The van der Waals surface area contributed by atoms with Gasteiger partial charge in [-0.2, -0.15) is 0 Å². The van der Waals surface area contributed by atoms with Gasteiger partial charge in [0.1, 0.15) is 0 Å². The highest BCUT2D eigenvalue weighted by Crippen LogP contribution is 2.14. The molecule has 3 heteroatoms. The minimum atomic E-state index is -0.619. The summed E-state index contributed by atoms with van der Waals surface area (Å²) < 4.78 is 0. The monoisotopic (exact) mass is 157 g/mol. The molecule has 0 saturated carbocycles. The largest absolute Gasteiger partial charge is 0.481 e. The Bertz CT molecular complexity index is 128. The third-order valence-corrected chi connectivity index (χ3v) is 2.16. The first-order valence-corrected chi connectivity index (χ1v) is 4.24. The summed E-state index contributed by atoms with van der Waals surface area (Å²) in [5, 5.41) is 12.0. The van der Waals surface area contributed by atoms with Gasteiger partial charge < -0.3 is 10.4 Å². The Kier molecular flexibility index (Phi) is 3.36. The molecule has 3 nitrogen and oxygen atoms in total. The van der Waals surface area contributed by atoms with E-state index in [1.807, 2.05) is 0 Å². The molecule has 0 aliphatic carbocycles. The molecule has 1 aliphatic heterocycles. The highest BCUT2D eigenvalue weighted by molar-refractivity contribution is 5.69. The van der Waals surface area contributed by atoms with Crippen molar-refractivity contribution >= 4 is 5.97 Å². The van der Waals surface area contributed by atoms with E-state index in [0.717, 1.165) is 38.8 Å². The minimum absolute atomic E-state index is 0.0860. The van der Waals surface area contributed by atoms with E-state index in [4.69, 9.17) is 5.11 Å². The fraction of sp³-hybridized carbons (Fsp3) is 0.875. The van der Waals surface area contributed by atoms with Gasteiger partial charge in [-0.1, -0.05) is 0 Å². The molecule has 0 radical (unpaired) electrons. The van der Waals surface area contributed by atoms with Gasteiger partial charge >= 0.3 is 5.97 Å². The zero-order valence-electron chi connectivity index (χ0n) is 6.68. The molecule has 2 N–H and O–H groups in total. The summed E-state index contributed by atoms with van der Waals surface area (Å²) in [6.07, 6.45) is 3.67. The second-order valence-electron chi connectivity index (χ2n) is 3.07. The fourth-order valence-electron chi connectivity index (χ4n) is 1.46. The number of hydrogen-bond acceptors (Lipinski definition) is 2.